The number of aromatic amines is 1. The van der Waals surface area contributed by atoms with Gasteiger partial charge in [0.1, 0.15) is 5.69 Å². The predicted molar refractivity (Wildman–Crippen MR) is 105 cm³/mol. The Labute approximate surface area is 151 Å². The lowest BCUT2D eigenvalue weighted by atomic mass is 10.1. The first-order valence-corrected chi connectivity index (χ1v) is 9.32. The molecule has 0 bridgehead atoms. The predicted octanol–water partition coefficient (Wildman–Crippen LogP) is 4.15. The third-order valence-corrected chi connectivity index (χ3v) is 5.70. The average molecular weight is 356 g/mol. The molecule has 0 fully saturated rings. The van der Waals surface area contributed by atoms with Gasteiger partial charge in [0.05, 0.1) is 10.6 Å². The second-order valence-electron chi connectivity index (χ2n) is 6.48. The van der Waals surface area contributed by atoms with E-state index in [2.05, 4.69) is 15.5 Å². The molecule has 2 heterocycles. The van der Waals surface area contributed by atoms with Crippen LogP contribution in [0.15, 0.2) is 35.1 Å². The molecule has 0 saturated carbocycles. The third-order valence-electron chi connectivity index (χ3n) is 4.29. The minimum atomic E-state index is 0.0551. The molecule has 3 rings (SSSR count). The highest BCUT2D eigenvalue weighted by Crippen LogP contribution is 2.31. The Hall–Kier alpha value is -2.34. The number of rotatable bonds is 6. The Morgan fingerprint density at radius 3 is 2.56 bits per heavy atom. The van der Waals surface area contributed by atoms with Gasteiger partial charge in [0.15, 0.2) is 0 Å². The molecule has 0 aliphatic heterocycles. The molecule has 1 aromatic carbocycles. The monoisotopic (exact) mass is 356 g/mol. The minimum absolute atomic E-state index is 0.0551. The molecule has 2 N–H and O–H groups in total. The van der Waals surface area contributed by atoms with E-state index in [-0.39, 0.29) is 11.6 Å². The van der Waals surface area contributed by atoms with Gasteiger partial charge >= 0.3 is 0 Å². The van der Waals surface area contributed by atoms with Gasteiger partial charge in [-0.15, -0.1) is 0 Å². The fourth-order valence-corrected chi connectivity index (χ4v) is 4.00. The summed E-state index contributed by atoms with van der Waals surface area (Å²) in [6.07, 6.45) is 0.833. The molecule has 6 heteroatoms. The molecule has 5 nitrogen and oxygen atoms in total. The van der Waals surface area contributed by atoms with Crippen LogP contribution in [0.1, 0.15) is 36.8 Å². The Balaban J connectivity index is 1.88. The summed E-state index contributed by atoms with van der Waals surface area (Å²) in [7, 11) is 0. The van der Waals surface area contributed by atoms with E-state index in [0.717, 1.165) is 28.2 Å². The fraction of sp³-hybridized carbons (Fsp3) is 0.368. The van der Waals surface area contributed by atoms with E-state index >= 15 is 0 Å². The largest absolute Gasteiger partial charge is 0.379 e. The number of aromatic nitrogens is 3. The summed E-state index contributed by atoms with van der Waals surface area (Å²) in [6, 6.07) is 10.2. The van der Waals surface area contributed by atoms with Crippen molar-refractivity contribution in [2.45, 2.75) is 40.2 Å². The summed E-state index contributed by atoms with van der Waals surface area (Å²) < 4.78 is 1.83. The van der Waals surface area contributed by atoms with Crippen molar-refractivity contribution in [1.82, 2.24) is 14.2 Å². The Morgan fingerprint density at radius 1 is 1.24 bits per heavy atom. The zero-order chi connectivity index (χ0) is 18.0. The van der Waals surface area contributed by atoms with Crippen LogP contribution in [0.4, 0.5) is 5.69 Å². The van der Waals surface area contributed by atoms with Crippen molar-refractivity contribution >= 4 is 17.2 Å². The number of hydrogen-bond donors (Lipinski definition) is 2. The van der Waals surface area contributed by atoms with Crippen LogP contribution in [0.5, 0.6) is 0 Å². The maximum absolute atomic E-state index is 12.8. The molecule has 25 heavy (non-hydrogen) atoms. The normalized spacial score (nSPS) is 11.2. The van der Waals surface area contributed by atoms with Crippen LogP contribution in [-0.4, -0.2) is 20.7 Å². The van der Waals surface area contributed by atoms with Gasteiger partial charge in [-0.05, 0) is 45.2 Å². The van der Waals surface area contributed by atoms with E-state index in [1.54, 1.807) is 0 Å². The van der Waals surface area contributed by atoms with Crippen LogP contribution in [0, 0.1) is 13.8 Å². The van der Waals surface area contributed by atoms with Crippen molar-refractivity contribution in [2.24, 2.45) is 0 Å². The molecule has 0 saturated heterocycles. The van der Waals surface area contributed by atoms with E-state index in [1.165, 1.54) is 17.1 Å². The van der Waals surface area contributed by atoms with Crippen molar-refractivity contribution in [3.05, 3.63) is 57.6 Å². The molecule has 0 unspecified atom stereocenters. The van der Waals surface area contributed by atoms with Crippen LogP contribution in [0.25, 0.3) is 10.4 Å². The summed E-state index contributed by atoms with van der Waals surface area (Å²) in [5.41, 5.74) is 5.15. The smallest absolute Gasteiger partial charge is 0.284 e. The molecule has 0 atom stereocenters. The maximum atomic E-state index is 12.8. The summed E-state index contributed by atoms with van der Waals surface area (Å²) in [6.45, 7) is 8.81. The van der Waals surface area contributed by atoms with Gasteiger partial charge in [0.2, 0.25) is 0 Å². The zero-order valence-corrected chi connectivity index (χ0v) is 15.9. The Kier molecular flexibility index (Phi) is 5.08. The van der Waals surface area contributed by atoms with Crippen molar-refractivity contribution in [2.75, 3.05) is 11.9 Å². The van der Waals surface area contributed by atoms with E-state index in [0.29, 0.717) is 12.2 Å². The lowest BCUT2D eigenvalue weighted by Gasteiger charge is -2.06. The van der Waals surface area contributed by atoms with E-state index < -0.39 is 0 Å². The molecular formula is C19H24N4OS. The van der Waals surface area contributed by atoms with Crippen LogP contribution >= 0.6 is 11.5 Å². The fourth-order valence-electron chi connectivity index (χ4n) is 2.93. The van der Waals surface area contributed by atoms with E-state index in [4.69, 9.17) is 0 Å². The zero-order valence-electron chi connectivity index (χ0n) is 15.1. The van der Waals surface area contributed by atoms with Gasteiger partial charge in [-0.25, -0.2) is 0 Å². The molecule has 0 amide bonds. The van der Waals surface area contributed by atoms with Crippen LogP contribution in [0.3, 0.4) is 0 Å². The topological polar surface area (TPSA) is 62.7 Å². The highest BCUT2D eigenvalue weighted by molar-refractivity contribution is 7.11. The Bertz CT molecular complexity index is 886. The molecular weight excluding hydrogens is 332 g/mol. The highest BCUT2D eigenvalue weighted by Gasteiger charge is 2.18. The lowest BCUT2D eigenvalue weighted by molar-refractivity contribution is 0.634. The number of anilines is 1. The van der Waals surface area contributed by atoms with Crippen molar-refractivity contribution in [3.8, 4) is 10.4 Å². The first kappa shape index (κ1) is 17.5. The first-order chi connectivity index (χ1) is 12.0. The minimum Gasteiger partial charge on any atom is -0.379 e. The number of hydrogen-bond acceptors (Lipinski definition) is 4. The summed E-state index contributed by atoms with van der Waals surface area (Å²) >= 11 is 1.52. The number of nitrogens with one attached hydrogen (secondary N) is 2. The number of H-pyrrole nitrogens is 1. The number of aryl methyl sites for hydroxylation is 2. The van der Waals surface area contributed by atoms with Crippen LogP contribution < -0.4 is 10.9 Å². The van der Waals surface area contributed by atoms with E-state index in [1.807, 2.05) is 62.0 Å². The third kappa shape index (κ3) is 3.54. The van der Waals surface area contributed by atoms with Crippen molar-refractivity contribution in [3.63, 3.8) is 0 Å². The first-order valence-electron chi connectivity index (χ1n) is 8.54. The van der Waals surface area contributed by atoms with Gasteiger partial charge in [0.25, 0.3) is 5.56 Å². The lowest BCUT2D eigenvalue weighted by Crippen LogP contribution is -2.19. The Morgan fingerprint density at radius 2 is 1.96 bits per heavy atom. The molecule has 0 spiro atoms. The number of nitrogens with zero attached hydrogens (tertiary/aromatic N) is 2. The van der Waals surface area contributed by atoms with Crippen LogP contribution in [0.2, 0.25) is 0 Å². The highest BCUT2D eigenvalue weighted by atomic mass is 32.1. The van der Waals surface area contributed by atoms with E-state index in [9.17, 15) is 4.79 Å². The summed E-state index contributed by atoms with van der Waals surface area (Å²) in [5.74, 6) is 0. The maximum Gasteiger partial charge on any atom is 0.284 e. The second-order valence-corrected chi connectivity index (χ2v) is 7.46. The van der Waals surface area contributed by atoms with Gasteiger partial charge < -0.3 is 5.32 Å². The second kappa shape index (κ2) is 7.27. The van der Waals surface area contributed by atoms with Gasteiger partial charge in [-0.3, -0.25) is 13.8 Å². The molecule has 2 aromatic heterocycles. The molecule has 132 valence electrons. The van der Waals surface area contributed by atoms with Crippen LogP contribution in [-0.2, 0) is 6.42 Å². The molecule has 0 aliphatic carbocycles. The molecule has 0 aliphatic rings. The van der Waals surface area contributed by atoms with Gasteiger partial charge in [-0.1, -0.05) is 41.9 Å². The summed E-state index contributed by atoms with van der Waals surface area (Å²) in [5, 5.41) is 10.6. The molecule has 0 radical (unpaired) electrons. The van der Waals surface area contributed by atoms with Gasteiger partial charge in [-0.2, -0.15) is 5.10 Å². The van der Waals surface area contributed by atoms with Crippen molar-refractivity contribution in [1.29, 1.82) is 0 Å². The van der Waals surface area contributed by atoms with Crippen molar-refractivity contribution < 1.29 is 0 Å². The summed E-state index contributed by atoms with van der Waals surface area (Å²) in [4.78, 5) is 13.8. The quantitative estimate of drug-likeness (QED) is 0.697. The SMILES string of the molecule is Cc1n[nH]c(C)c1CCNc1c(-c2ccccc2)sn(C(C)C)c1=O. The number of benzene rings is 1. The van der Waals surface area contributed by atoms with Gasteiger partial charge in [0, 0.05) is 18.3 Å². The average Bonchev–Trinajstić information content (AvgIpc) is 3.10. The molecule has 3 aromatic rings. The standard InChI is InChI=1S/C19H24N4OS/c1-12(2)23-19(24)17(18(25-23)15-8-6-5-7-9-15)20-11-10-16-13(3)21-22-14(16)4/h5-9,12,20H,10-11H2,1-4H3,(H,21,22).